The molecule has 1 heterocycles. The highest BCUT2D eigenvalue weighted by Crippen LogP contribution is 2.29. The van der Waals surface area contributed by atoms with Crippen LogP contribution in [0.4, 0.5) is 5.69 Å². The third-order valence-corrected chi connectivity index (χ3v) is 9.34. The number of likely N-dealkylation sites (tertiary alicyclic amines) is 1. The molecule has 0 radical (unpaired) electrons. The van der Waals surface area contributed by atoms with Crippen molar-refractivity contribution in [2.45, 2.75) is 108 Å². The van der Waals surface area contributed by atoms with Gasteiger partial charge in [-0.05, 0) is 51.1 Å². The molecule has 1 saturated heterocycles. The molecule has 4 atom stereocenters. The Labute approximate surface area is 294 Å². The summed E-state index contributed by atoms with van der Waals surface area (Å²) in [5, 5.41) is 53.3. The van der Waals surface area contributed by atoms with Gasteiger partial charge in [0, 0.05) is 58.2 Å². The fraction of sp³-hybridized carbons (Fsp3) is 0.735. The van der Waals surface area contributed by atoms with Gasteiger partial charge in [-0.25, -0.2) is 0 Å². The number of nitrogens with one attached hydrogen (secondary N) is 2. The number of piperidine rings is 1. The second-order valence-electron chi connectivity index (χ2n) is 12.9. The number of carbonyl (C=O) groups excluding carboxylic acids is 3. The Kier molecular flexibility index (Phi) is 19.8. The summed E-state index contributed by atoms with van der Waals surface area (Å²) in [4.78, 5) is 41.5. The van der Waals surface area contributed by atoms with Crippen molar-refractivity contribution in [3.8, 4) is 5.75 Å². The van der Waals surface area contributed by atoms with Gasteiger partial charge in [0.1, 0.15) is 24.1 Å². The average molecular weight is 716 g/mol. The van der Waals surface area contributed by atoms with Gasteiger partial charge >= 0.3 is 0 Å². The Hall–Kier alpha value is -2.72. The van der Waals surface area contributed by atoms with Gasteiger partial charge in [0.2, 0.25) is 11.8 Å². The quantitative estimate of drug-likeness (QED) is 0.0591. The van der Waals surface area contributed by atoms with Crippen LogP contribution in [0.3, 0.4) is 0 Å². The molecule has 1 aliphatic rings. The van der Waals surface area contributed by atoms with E-state index in [0.717, 1.165) is 77.4 Å². The number of methoxy groups -OCH3 is 1. The summed E-state index contributed by atoms with van der Waals surface area (Å²) in [5.74, 6) is 0.0361. The molecule has 0 aliphatic carbocycles. The highest BCUT2D eigenvalue weighted by Gasteiger charge is 2.30. The van der Waals surface area contributed by atoms with Crippen molar-refractivity contribution in [2.24, 2.45) is 0 Å². The molecule has 2 rings (SSSR count). The first kappa shape index (κ1) is 42.4. The molecule has 280 valence electrons. The van der Waals surface area contributed by atoms with Crippen LogP contribution in [0.25, 0.3) is 0 Å². The smallest absolute Gasteiger partial charge is 0.255 e. The van der Waals surface area contributed by atoms with Gasteiger partial charge in [-0.3, -0.25) is 14.4 Å². The van der Waals surface area contributed by atoms with E-state index in [-0.39, 0.29) is 36.7 Å². The summed E-state index contributed by atoms with van der Waals surface area (Å²) < 4.78 is 5.30. The molecule has 1 aromatic rings. The average Bonchev–Trinajstić information content (AvgIpc) is 3.10. The molecule has 0 spiro atoms. The number of halogens is 1. The molecule has 3 amide bonds. The molecule has 0 bridgehead atoms. The molecule has 15 heteroatoms. The van der Waals surface area contributed by atoms with E-state index in [1.165, 1.54) is 13.2 Å². The van der Waals surface area contributed by atoms with Gasteiger partial charge in [0.25, 0.3) is 5.91 Å². The SMILES string of the molecule is COc1cc(N)c(Cl)cc1C(=O)NC1CCN(CCCCCC(=O)N(C)CCCCCCCC(=O)NC[C@H](O)[C@@H](O)[C@H](O)[C@H](O)CO)CC1. The van der Waals surface area contributed by atoms with Crippen LogP contribution in [0.15, 0.2) is 12.1 Å². The Morgan fingerprint density at radius 1 is 0.959 bits per heavy atom. The highest BCUT2D eigenvalue weighted by atomic mass is 35.5. The lowest BCUT2D eigenvalue weighted by Gasteiger charge is -2.32. The number of nitrogen functional groups attached to an aromatic ring is 1. The van der Waals surface area contributed by atoms with E-state index >= 15 is 0 Å². The summed E-state index contributed by atoms with van der Waals surface area (Å²) in [6.45, 7) is 2.43. The number of aliphatic hydroxyl groups excluding tert-OH is 5. The number of aliphatic hydroxyl groups is 5. The predicted octanol–water partition coefficient (Wildman–Crippen LogP) is 1.04. The Morgan fingerprint density at radius 2 is 1.57 bits per heavy atom. The molecule has 0 aromatic heterocycles. The van der Waals surface area contributed by atoms with Gasteiger partial charge in [-0.1, -0.05) is 37.3 Å². The van der Waals surface area contributed by atoms with Crippen LogP contribution in [0.1, 0.15) is 87.4 Å². The van der Waals surface area contributed by atoms with Gasteiger partial charge in [-0.15, -0.1) is 0 Å². The molecule has 49 heavy (non-hydrogen) atoms. The number of hydrogen-bond donors (Lipinski definition) is 8. The van der Waals surface area contributed by atoms with Gasteiger partial charge < -0.3 is 56.4 Å². The number of rotatable bonds is 23. The lowest BCUT2D eigenvalue weighted by Crippen LogP contribution is -2.49. The monoisotopic (exact) mass is 715 g/mol. The topological polar surface area (TPSA) is 218 Å². The van der Waals surface area contributed by atoms with Crippen LogP contribution in [-0.2, 0) is 9.59 Å². The third kappa shape index (κ3) is 15.4. The molecular weight excluding hydrogens is 658 g/mol. The molecule has 1 aliphatic heterocycles. The van der Waals surface area contributed by atoms with Crippen LogP contribution in [0.5, 0.6) is 5.75 Å². The molecule has 9 N–H and O–H groups in total. The number of ether oxygens (including phenoxy) is 1. The highest BCUT2D eigenvalue weighted by molar-refractivity contribution is 6.33. The van der Waals surface area contributed by atoms with Crippen molar-refractivity contribution < 1.29 is 44.7 Å². The van der Waals surface area contributed by atoms with E-state index < -0.39 is 31.0 Å². The zero-order chi connectivity index (χ0) is 36.3. The zero-order valence-corrected chi connectivity index (χ0v) is 29.7. The van der Waals surface area contributed by atoms with Crippen LogP contribution in [0, 0.1) is 0 Å². The molecule has 14 nitrogen and oxygen atoms in total. The van der Waals surface area contributed by atoms with Gasteiger partial charge in [0.15, 0.2) is 0 Å². The molecular formula is C34H58ClN5O9. The van der Waals surface area contributed by atoms with Crippen LogP contribution in [-0.4, -0.2) is 137 Å². The maximum absolute atomic E-state index is 12.8. The summed E-state index contributed by atoms with van der Waals surface area (Å²) >= 11 is 6.11. The standard InChI is InChI=1S/C34H58ClN5O9/c1-39(15-9-5-3-4-7-11-30(44)37-21-27(42)32(46)33(47)28(43)22-41)31(45)12-8-6-10-16-40-17-13-23(14-18-40)38-34(48)24-19-25(35)26(36)20-29(24)49-2/h19-20,23,27-28,32-33,41-43,46-47H,3-18,21-22,36H2,1-2H3,(H,37,44)(H,38,48)/t27-,28+,32+,33+/m0/s1. The normalized spacial score (nSPS) is 16.4. The number of benzene rings is 1. The third-order valence-electron chi connectivity index (χ3n) is 9.01. The van der Waals surface area contributed by atoms with E-state index in [2.05, 4.69) is 15.5 Å². The van der Waals surface area contributed by atoms with E-state index in [1.54, 1.807) is 11.0 Å². The maximum Gasteiger partial charge on any atom is 0.255 e. The minimum absolute atomic E-state index is 0.0794. The number of amides is 3. The van der Waals surface area contributed by atoms with Gasteiger partial charge in [0.05, 0.1) is 36.1 Å². The number of unbranched alkanes of at least 4 members (excludes halogenated alkanes) is 6. The van der Waals surface area contributed by atoms with E-state index in [4.69, 9.17) is 27.2 Å². The van der Waals surface area contributed by atoms with Crippen molar-refractivity contribution in [1.82, 2.24) is 20.4 Å². The second-order valence-corrected chi connectivity index (χ2v) is 13.3. The lowest BCUT2D eigenvalue weighted by molar-refractivity contribution is -0.130. The van der Waals surface area contributed by atoms with E-state index in [1.807, 2.05) is 7.05 Å². The zero-order valence-electron chi connectivity index (χ0n) is 29.0. The number of carbonyl (C=O) groups is 3. The number of anilines is 1. The second kappa shape index (κ2) is 22.9. The van der Waals surface area contributed by atoms with Crippen molar-refractivity contribution in [3.63, 3.8) is 0 Å². The number of nitrogens with zero attached hydrogens (tertiary/aromatic N) is 2. The first-order valence-electron chi connectivity index (χ1n) is 17.4. The molecule has 0 saturated carbocycles. The molecule has 1 aromatic carbocycles. The first-order valence-corrected chi connectivity index (χ1v) is 17.8. The Morgan fingerprint density at radius 3 is 2.24 bits per heavy atom. The summed E-state index contributed by atoms with van der Waals surface area (Å²) in [7, 11) is 3.33. The summed E-state index contributed by atoms with van der Waals surface area (Å²) in [6, 6.07) is 3.18. The fourth-order valence-electron chi connectivity index (χ4n) is 5.74. The van der Waals surface area contributed by atoms with Crippen molar-refractivity contribution in [3.05, 3.63) is 22.7 Å². The van der Waals surface area contributed by atoms with Gasteiger partial charge in [-0.2, -0.15) is 0 Å². The summed E-state index contributed by atoms with van der Waals surface area (Å²) in [6.07, 6.45) is 3.14. The van der Waals surface area contributed by atoms with Crippen molar-refractivity contribution >= 4 is 35.0 Å². The van der Waals surface area contributed by atoms with Crippen molar-refractivity contribution in [2.75, 3.05) is 59.2 Å². The minimum atomic E-state index is -1.73. The number of hydrogen-bond acceptors (Lipinski definition) is 11. The first-order chi connectivity index (χ1) is 23.4. The van der Waals surface area contributed by atoms with Crippen LogP contribution in [0.2, 0.25) is 5.02 Å². The fourth-order valence-corrected chi connectivity index (χ4v) is 5.90. The minimum Gasteiger partial charge on any atom is -0.496 e. The molecule has 1 fully saturated rings. The Balaban J connectivity index is 1.47. The van der Waals surface area contributed by atoms with Crippen molar-refractivity contribution in [1.29, 1.82) is 0 Å². The largest absolute Gasteiger partial charge is 0.496 e. The van der Waals surface area contributed by atoms with Crippen LogP contribution < -0.4 is 21.1 Å². The number of nitrogens with two attached hydrogens (primary N) is 1. The Bertz CT molecular complexity index is 1160. The molecule has 0 unspecified atom stereocenters. The lowest BCUT2D eigenvalue weighted by atomic mass is 10.0. The predicted molar refractivity (Wildman–Crippen MR) is 187 cm³/mol. The van der Waals surface area contributed by atoms with Crippen LogP contribution >= 0.6 is 11.6 Å². The summed E-state index contributed by atoms with van der Waals surface area (Å²) in [5.41, 5.74) is 6.56. The van der Waals surface area contributed by atoms with E-state index in [0.29, 0.717) is 41.4 Å². The van der Waals surface area contributed by atoms with E-state index in [9.17, 15) is 34.8 Å². The maximum atomic E-state index is 12.8.